The molecule has 7 heteroatoms. The maximum atomic E-state index is 11.7. The van der Waals surface area contributed by atoms with E-state index in [-0.39, 0.29) is 0 Å². The lowest BCUT2D eigenvalue weighted by Gasteiger charge is -2.23. The number of aromatic nitrogens is 1. The van der Waals surface area contributed by atoms with Crippen LogP contribution in [0.4, 0.5) is 11.5 Å². The predicted molar refractivity (Wildman–Crippen MR) is 81.0 cm³/mol. The average molecular weight is 298 g/mol. The highest BCUT2D eigenvalue weighted by Crippen LogP contribution is 2.21. The zero-order valence-electron chi connectivity index (χ0n) is 12.0. The molecule has 2 rings (SSSR count). The van der Waals surface area contributed by atoms with Gasteiger partial charge < -0.3 is 5.32 Å². The minimum atomic E-state index is -3.47. The standard InChI is InChI=1S/C13H22N4O2S/c1-17(2)20(18,19)16-12-8-9-13(14-10-12)15-11-6-4-3-5-7-11/h8-11,16H,3-7H2,1-2H3,(H,14,15). The summed E-state index contributed by atoms with van der Waals surface area (Å²) in [6.07, 6.45) is 7.73. The van der Waals surface area contributed by atoms with Crippen LogP contribution in [0.15, 0.2) is 18.3 Å². The van der Waals surface area contributed by atoms with Crippen molar-refractivity contribution in [1.29, 1.82) is 0 Å². The molecule has 1 aliphatic carbocycles. The van der Waals surface area contributed by atoms with Crippen LogP contribution in [0.5, 0.6) is 0 Å². The van der Waals surface area contributed by atoms with Crippen molar-refractivity contribution >= 4 is 21.7 Å². The normalized spacial score (nSPS) is 17.1. The highest BCUT2D eigenvalue weighted by Gasteiger charge is 2.15. The summed E-state index contributed by atoms with van der Waals surface area (Å²) in [6, 6.07) is 4.02. The van der Waals surface area contributed by atoms with Gasteiger partial charge in [-0.05, 0) is 25.0 Å². The third kappa shape index (κ3) is 4.08. The molecule has 1 saturated carbocycles. The molecular formula is C13H22N4O2S. The summed E-state index contributed by atoms with van der Waals surface area (Å²) in [6.45, 7) is 0. The summed E-state index contributed by atoms with van der Waals surface area (Å²) in [5, 5.41) is 3.39. The van der Waals surface area contributed by atoms with E-state index in [1.54, 1.807) is 6.07 Å². The number of nitrogens with zero attached hydrogens (tertiary/aromatic N) is 2. The van der Waals surface area contributed by atoms with Crippen LogP contribution < -0.4 is 10.0 Å². The van der Waals surface area contributed by atoms with E-state index in [9.17, 15) is 8.42 Å². The lowest BCUT2D eigenvalue weighted by Crippen LogP contribution is -2.29. The van der Waals surface area contributed by atoms with Gasteiger partial charge in [-0.25, -0.2) is 4.98 Å². The molecule has 1 aromatic rings. The summed E-state index contributed by atoms with van der Waals surface area (Å²) in [5.74, 6) is 0.796. The van der Waals surface area contributed by atoms with Gasteiger partial charge in [0.2, 0.25) is 0 Å². The second kappa shape index (κ2) is 6.41. The molecule has 0 saturated heterocycles. The van der Waals surface area contributed by atoms with E-state index in [0.29, 0.717) is 11.7 Å². The van der Waals surface area contributed by atoms with E-state index < -0.39 is 10.2 Å². The fourth-order valence-electron chi connectivity index (χ4n) is 2.24. The molecule has 0 bridgehead atoms. The highest BCUT2D eigenvalue weighted by atomic mass is 32.2. The van der Waals surface area contributed by atoms with Crippen molar-refractivity contribution in [2.24, 2.45) is 0 Å². The number of hydrogen-bond acceptors (Lipinski definition) is 4. The van der Waals surface area contributed by atoms with Crippen LogP contribution in [0.2, 0.25) is 0 Å². The largest absolute Gasteiger partial charge is 0.367 e. The van der Waals surface area contributed by atoms with Gasteiger partial charge in [-0.2, -0.15) is 12.7 Å². The fourth-order valence-corrected chi connectivity index (χ4v) is 2.84. The van der Waals surface area contributed by atoms with Crippen molar-refractivity contribution in [3.05, 3.63) is 18.3 Å². The number of nitrogens with one attached hydrogen (secondary N) is 2. The molecule has 0 radical (unpaired) electrons. The quantitative estimate of drug-likeness (QED) is 0.872. The predicted octanol–water partition coefficient (Wildman–Crippen LogP) is 2.04. The molecule has 1 fully saturated rings. The smallest absolute Gasteiger partial charge is 0.301 e. The molecular weight excluding hydrogens is 276 g/mol. The van der Waals surface area contributed by atoms with Gasteiger partial charge in [0.15, 0.2) is 0 Å². The monoisotopic (exact) mass is 298 g/mol. The van der Waals surface area contributed by atoms with Crippen molar-refractivity contribution in [2.45, 2.75) is 38.1 Å². The Hall–Kier alpha value is -1.34. The van der Waals surface area contributed by atoms with Crippen molar-refractivity contribution in [3.63, 3.8) is 0 Å². The van der Waals surface area contributed by atoms with Crippen molar-refractivity contribution in [2.75, 3.05) is 24.1 Å². The van der Waals surface area contributed by atoms with Gasteiger partial charge in [-0.15, -0.1) is 0 Å². The molecule has 112 valence electrons. The van der Waals surface area contributed by atoms with Crippen molar-refractivity contribution in [1.82, 2.24) is 9.29 Å². The first-order valence-electron chi connectivity index (χ1n) is 6.90. The first kappa shape index (κ1) is 15.1. The highest BCUT2D eigenvalue weighted by molar-refractivity contribution is 7.90. The Bertz CT molecular complexity index is 522. The van der Waals surface area contributed by atoms with Gasteiger partial charge in [-0.3, -0.25) is 4.72 Å². The SMILES string of the molecule is CN(C)S(=O)(=O)Nc1ccc(NC2CCCCC2)nc1. The molecule has 2 N–H and O–H groups in total. The second-order valence-corrected chi connectivity index (χ2v) is 7.19. The summed E-state index contributed by atoms with van der Waals surface area (Å²) >= 11 is 0. The average Bonchev–Trinajstić information content (AvgIpc) is 2.42. The first-order valence-corrected chi connectivity index (χ1v) is 8.34. The Balaban J connectivity index is 1.96. The molecule has 0 aliphatic heterocycles. The molecule has 6 nitrogen and oxygen atoms in total. The van der Waals surface area contributed by atoms with Crippen LogP contribution >= 0.6 is 0 Å². The number of rotatable bonds is 5. The van der Waals surface area contributed by atoms with Crippen LogP contribution in [0.3, 0.4) is 0 Å². The molecule has 20 heavy (non-hydrogen) atoms. The Kier molecular flexibility index (Phi) is 4.82. The minimum Gasteiger partial charge on any atom is -0.367 e. The first-order chi connectivity index (χ1) is 9.47. The van der Waals surface area contributed by atoms with E-state index in [0.717, 1.165) is 10.1 Å². The molecule has 0 atom stereocenters. The van der Waals surface area contributed by atoms with E-state index in [1.807, 2.05) is 6.07 Å². The lowest BCUT2D eigenvalue weighted by molar-refractivity contribution is 0.462. The number of hydrogen-bond donors (Lipinski definition) is 2. The molecule has 1 aliphatic rings. The van der Waals surface area contributed by atoms with Crippen LogP contribution in [0.1, 0.15) is 32.1 Å². The zero-order chi connectivity index (χ0) is 14.6. The molecule has 0 unspecified atom stereocenters. The van der Waals surface area contributed by atoms with Gasteiger partial charge in [0.05, 0.1) is 11.9 Å². The number of pyridine rings is 1. The minimum absolute atomic E-state index is 0.466. The Labute approximate surface area is 120 Å². The van der Waals surface area contributed by atoms with E-state index in [1.165, 1.54) is 52.4 Å². The molecule has 0 amide bonds. The van der Waals surface area contributed by atoms with Crippen molar-refractivity contribution in [3.8, 4) is 0 Å². The lowest BCUT2D eigenvalue weighted by atomic mass is 9.95. The third-order valence-electron chi connectivity index (χ3n) is 3.45. The summed E-state index contributed by atoms with van der Waals surface area (Å²) < 4.78 is 26.9. The van der Waals surface area contributed by atoms with Gasteiger partial charge >= 0.3 is 10.2 Å². The third-order valence-corrected chi connectivity index (χ3v) is 4.90. The van der Waals surface area contributed by atoms with Crippen LogP contribution in [-0.4, -0.2) is 37.8 Å². The molecule has 1 aromatic heterocycles. The molecule has 0 spiro atoms. The van der Waals surface area contributed by atoms with E-state index in [4.69, 9.17) is 0 Å². The number of anilines is 2. The van der Waals surface area contributed by atoms with Crippen LogP contribution in [-0.2, 0) is 10.2 Å². The van der Waals surface area contributed by atoms with E-state index >= 15 is 0 Å². The maximum absolute atomic E-state index is 11.7. The Morgan fingerprint density at radius 1 is 1.20 bits per heavy atom. The summed E-state index contributed by atoms with van der Waals surface area (Å²) in [7, 11) is -0.507. The second-order valence-electron chi connectivity index (χ2n) is 5.30. The fraction of sp³-hybridized carbons (Fsp3) is 0.615. The van der Waals surface area contributed by atoms with Crippen molar-refractivity contribution < 1.29 is 8.42 Å². The summed E-state index contributed by atoms with van der Waals surface area (Å²) in [5.41, 5.74) is 0.466. The van der Waals surface area contributed by atoms with Gasteiger partial charge in [0, 0.05) is 20.1 Å². The van der Waals surface area contributed by atoms with E-state index in [2.05, 4.69) is 15.0 Å². The van der Waals surface area contributed by atoms with Gasteiger partial charge in [0.25, 0.3) is 0 Å². The molecule has 1 heterocycles. The Morgan fingerprint density at radius 3 is 2.45 bits per heavy atom. The maximum Gasteiger partial charge on any atom is 0.301 e. The zero-order valence-corrected chi connectivity index (χ0v) is 12.8. The molecule has 0 aromatic carbocycles. The van der Waals surface area contributed by atoms with Crippen LogP contribution in [0.25, 0.3) is 0 Å². The van der Waals surface area contributed by atoms with Gasteiger partial charge in [0.1, 0.15) is 5.82 Å². The van der Waals surface area contributed by atoms with Gasteiger partial charge in [-0.1, -0.05) is 19.3 Å². The Morgan fingerprint density at radius 2 is 1.90 bits per heavy atom. The van der Waals surface area contributed by atoms with Crippen LogP contribution in [0, 0.1) is 0 Å². The topological polar surface area (TPSA) is 74.3 Å². The summed E-state index contributed by atoms with van der Waals surface area (Å²) in [4.78, 5) is 4.26.